The molecule has 3 aromatic heterocycles. The lowest BCUT2D eigenvalue weighted by molar-refractivity contribution is 0.0705. The van der Waals surface area contributed by atoms with E-state index in [1.54, 1.807) is 10.9 Å². The molecule has 29 heavy (non-hydrogen) atoms. The molecule has 1 aliphatic heterocycles. The van der Waals surface area contributed by atoms with Gasteiger partial charge in [-0.3, -0.25) is 14.5 Å². The highest BCUT2D eigenvalue weighted by Crippen LogP contribution is 2.28. The van der Waals surface area contributed by atoms with E-state index < -0.39 is 0 Å². The monoisotopic (exact) mass is 390 g/mol. The van der Waals surface area contributed by atoms with E-state index in [1.807, 2.05) is 62.3 Å². The normalized spacial score (nSPS) is 16.7. The van der Waals surface area contributed by atoms with Crippen LogP contribution in [0.15, 0.2) is 42.7 Å². The molecule has 7 nitrogen and oxygen atoms in total. The van der Waals surface area contributed by atoms with Crippen LogP contribution in [0.2, 0.25) is 0 Å². The first-order valence-corrected chi connectivity index (χ1v) is 9.96. The van der Waals surface area contributed by atoms with Crippen LogP contribution in [0.25, 0.3) is 0 Å². The van der Waals surface area contributed by atoms with Crippen LogP contribution in [0.5, 0.6) is 0 Å². The van der Waals surface area contributed by atoms with E-state index in [0.717, 1.165) is 48.0 Å². The van der Waals surface area contributed by atoms with Crippen LogP contribution in [0.3, 0.4) is 0 Å². The maximum absolute atomic E-state index is 12.9. The standard InChI is InChI=1S/C22H26N6O/c1-15-6-4-8-21(24-15)25-18-9-10-20(23-12-18)17-7-5-11-28(13-17)22(29)19-14-27(3)26-16(19)2/h4,6,8-10,12,14,17H,5,7,11,13H2,1-3H3,(H,24,25)/t17-/m1/s1. The Morgan fingerprint density at radius 1 is 1.21 bits per heavy atom. The number of anilines is 2. The van der Waals surface area contributed by atoms with Gasteiger partial charge in [-0.25, -0.2) is 4.98 Å². The van der Waals surface area contributed by atoms with E-state index in [4.69, 9.17) is 0 Å². The second-order valence-electron chi connectivity index (χ2n) is 7.65. The molecule has 1 aliphatic rings. The third-order valence-electron chi connectivity index (χ3n) is 5.32. The number of amides is 1. The first kappa shape index (κ1) is 19.1. The number of aryl methyl sites for hydroxylation is 3. The van der Waals surface area contributed by atoms with Crippen LogP contribution >= 0.6 is 0 Å². The van der Waals surface area contributed by atoms with Gasteiger partial charge in [0.25, 0.3) is 5.91 Å². The summed E-state index contributed by atoms with van der Waals surface area (Å²) in [5.74, 6) is 1.11. The maximum Gasteiger partial charge on any atom is 0.257 e. The molecule has 0 bridgehead atoms. The predicted octanol–water partition coefficient (Wildman–Crippen LogP) is 3.59. The average Bonchev–Trinajstić information content (AvgIpc) is 3.06. The minimum atomic E-state index is 0.0594. The predicted molar refractivity (Wildman–Crippen MR) is 112 cm³/mol. The zero-order chi connectivity index (χ0) is 20.4. The summed E-state index contributed by atoms with van der Waals surface area (Å²) in [5, 5.41) is 7.58. The number of rotatable bonds is 4. The Balaban J connectivity index is 1.44. The molecule has 4 rings (SSSR count). The number of piperidine rings is 1. The fraction of sp³-hybridized carbons (Fsp3) is 0.364. The summed E-state index contributed by atoms with van der Waals surface area (Å²) in [7, 11) is 1.84. The first-order chi connectivity index (χ1) is 14.0. The Bertz CT molecular complexity index is 1010. The Morgan fingerprint density at radius 2 is 2.07 bits per heavy atom. The molecule has 1 amide bonds. The van der Waals surface area contributed by atoms with Gasteiger partial charge < -0.3 is 10.2 Å². The maximum atomic E-state index is 12.9. The molecule has 1 saturated heterocycles. The minimum Gasteiger partial charge on any atom is -0.339 e. The number of nitrogens with one attached hydrogen (secondary N) is 1. The third kappa shape index (κ3) is 4.29. The van der Waals surface area contributed by atoms with Gasteiger partial charge in [0.1, 0.15) is 5.82 Å². The van der Waals surface area contributed by atoms with Gasteiger partial charge in [-0.15, -0.1) is 0 Å². The lowest BCUT2D eigenvalue weighted by atomic mass is 9.93. The second kappa shape index (κ2) is 8.03. The van der Waals surface area contributed by atoms with E-state index in [1.165, 1.54) is 0 Å². The van der Waals surface area contributed by atoms with Crippen molar-refractivity contribution in [2.75, 3.05) is 18.4 Å². The molecule has 0 spiro atoms. The molecular formula is C22H26N6O. The van der Waals surface area contributed by atoms with Gasteiger partial charge in [0.15, 0.2) is 0 Å². The largest absolute Gasteiger partial charge is 0.339 e. The van der Waals surface area contributed by atoms with Gasteiger partial charge in [-0.2, -0.15) is 5.10 Å². The number of aromatic nitrogens is 4. The van der Waals surface area contributed by atoms with Crippen molar-refractivity contribution >= 4 is 17.4 Å². The van der Waals surface area contributed by atoms with Gasteiger partial charge in [-0.1, -0.05) is 6.07 Å². The second-order valence-corrected chi connectivity index (χ2v) is 7.65. The molecule has 4 heterocycles. The summed E-state index contributed by atoms with van der Waals surface area (Å²) in [6, 6.07) is 9.95. The molecule has 1 N–H and O–H groups in total. The molecule has 0 radical (unpaired) electrons. The molecule has 7 heteroatoms. The van der Waals surface area contributed by atoms with Crippen molar-refractivity contribution in [1.82, 2.24) is 24.6 Å². The van der Waals surface area contributed by atoms with Gasteiger partial charge >= 0.3 is 0 Å². The molecule has 1 fully saturated rings. The Hall–Kier alpha value is -3.22. The summed E-state index contributed by atoms with van der Waals surface area (Å²) < 4.78 is 1.69. The van der Waals surface area contributed by atoms with Gasteiger partial charge in [0, 0.05) is 43.6 Å². The zero-order valence-electron chi connectivity index (χ0n) is 17.1. The van der Waals surface area contributed by atoms with Crippen LogP contribution in [0.1, 0.15) is 46.2 Å². The molecule has 0 saturated carbocycles. The molecule has 0 aromatic carbocycles. The van der Waals surface area contributed by atoms with Gasteiger partial charge in [0.2, 0.25) is 0 Å². The van der Waals surface area contributed by atoms with Crippen molar-refractivity contribution < 1.29 is 4.79 Å². The Kier molecular flexibility index (Phi) is 5.29. The lowest BCUT2D eigenvalue weighted by Gasteiger charge is -2.32. The van der Waals surface area contributed by atoms with Crippen molar-refractivity contribution in [2.45, 2.75) is 32.6 Å². The van der Waals surface area contributed by atoms with E-state index >= 15 is 0 Å². The number of pyridine rings is 2. The zero-order valence-corrected chi connectivity index (χ0v) is 17.1. The van der Waals surface area contributed by atoms with Crippen LogP contribution in [-0.4, -0.2) is 43.6 Å². The quantitative estimate of drug-likeness (QED) is 0.737. The van der Waals surface area contributed by atoms with Crippen LogP contribution in [-0.2, 0) is 7.05 Å². The molecule has 150 valence electrons. The third-order valence-corrected chi connectivity index (χ3v) is 5.32. The van der Waals surface area contributed by atoms with Crippen LogP contribution < -0.4 is 5.32 Å². The highest BCUT2D eigenvalue weighted by atomic mass is 16.2. The highest BCUT2D eigenvalue weighted by Gasteiger charge is 2.27. The number of carbonyl (C=O) groups excluding carboxylic acids is 1. The van der Waals surface area contributed by atoms with Gasteiger partial charge in [0.05, 0.1) is 23.1 Å². The summed E-state index contributed by atoms with van der Waals surface area (Å²) in [5.41, 5.74) is 4.36. The molecule has 3 aromatic rings. The van der Waals surface area contributed by atoms with Crippen LogP contribution in [0, 0.1) is 13.8 Å². The number of hydrogen-bond donors (Lipinski definition) is 1. The summed E-state index contributed by atoms with van der Waals surface area (Å²) >= 11 is 0. The molecule has 0 unspecified atom stereocenters. The number of hydrogen-bond acceptors (Lipinski definition) is 5. The summed E-state index contributed by atoms with van der Waals surface area (Å²) in [6.45, 7) is 5.31. The van der Waals surface area contributed by atoms with Crippen molar-refractivity contribution in [3.8, 4) is 0 Å². The molecule has 0 aliphatic carbocycles. The Labute approximate surface area is 170 Å². The van der Waals surface area contributed by atoms with E-state index in [2.05, 4.69) is 20.4 Å². The molecule has 1 atom stereocenters. The summed E-state index contributed by atoms with van der Waals surface area (Å²) in [4.78, 5) is 24.0. The van der Waals surface area contributed by atoms with Crippen molar-refractivity contribution in [3.63, 3.8) is 0 Å². The van der Waals surface area contributed by atoms with Crippen molar-refractivity contribution in [3.05, 3.63) is 65.4 Å². The average molecular weight is 390 g/mol. The number of nitrogens with zero attached hydrogens (tertiary/aromatic N) is 5. The smallest absolute Gasteiger partial charge is 0.257 e. The Morgan fingerprint density at radius 3 is 2.76 bits per heavy atom. The van der Waals surface area contributed by atoms with E-state index in [0.29, 0.717) is 12.1 Å². The summed E-state index contributed by atoms with van der Waals surface area (Å²) in [6.07, 6.45) is 5.66. The van der Waals surface area contributed by atoms with Crippen molar-refractivity contribution in [1.29, 1.82) is 0 Å². The van der Waals surface area contributed by atoms with E-state index in [-0.39, 0.29) is 11.8 Å². The fourth-order valence-corrected chi connectivity index (χ4v) is 3.86. The highest BCUT2D eigenvalue weighted by molar-refractivity contribution is 5.95. The van der Waals surface area contributed by atoms with Gasteiger partial charge in [-0.05, 0) is 51.0 Å². The van der Waals surface area contributed by atoms with Crippen molar-refractivity contribution in [2.24, 2.45) is 7.05 Å². The first-order valence-electron chi connectivity index (χ1n) is 9.96. The van der Waals surface area contributed by atoms with E-state index in [9.17, 15) is 4.79 Å². The SMILES string of the molecule is Cc1cccc(Nc2ccc([C@@H]3CCCN(C(=O)c4cn(C)nc4C)C3)nc2)n1. The number of carbonyl (C=O) groups is 1. The lowest BCUT2D eigenvalue weighted by Crippen LogP contribution is -2.39. The van der Waals surface area contributed by atoms with Crippen LogP contribution in [0.4, 0.5) is 11.5 Å². The minimum absolute atomic E-state index is 0.0594. The topological polar surface area (TPSA) is 75.9 Å². The fourth-order valence-electron chi connectivity index (χ4n) is 3.86. The number of likely N-dealkylation sites (tertiary alicyclic amines) is 1. The molecular weight excluding hydrogens is 364 g/mol.